The first-order valence-corrected chi connectivity index (χ1v) is 5.21. The third-order valence-corrected chi connectivity index (χ3v) is 2.84. The fourth-order valence-electron chi connectivity index (χ4n) is 1.92. The molecule has 1 unspecified atom stereocenters. The van der Waals surface area contributed by atoms with Gasteiger partial charge in [0, 0.05) is 6.04 Å². The molecule has 1 saturated carbocycles. The number of rotatable bonds is 2. The lowest BCUT2D eigenvalue weighted by Gasteiger charge is -2.20. The third-order valence-electron chi connectivity index (χ3n) is 2.84. The maximum absolute atomic E-state index is 13.2. The van der Waals surface area contributed by atoms with E-state index in [-0.39, 0.29) is 6.04 Å². The minimum atomic E-state index is -1.76. The van der Waals surface area contributed by atoms with Crippen molar-refractivity contribution in [3.63, 3.8) is 0 Å². The van der Waals surface area contributed by atoms with E-state index in [0.29, 0.717) is 5.41 Å². The van der Waals surface area contributed by atoms with Gasteiger partial charge in [-0.3, -0.25) is 4.79 Å². The van der Waals surface area contributed by atoms with E-state index in [1.807, 2.05) is 0 Å². The molecule has 14 heavy (non-hydrogen) atoms. The van der Waals surface area contributed by atoms with Crippen molar-refractivity contribution < 1.29 is 9.18 Å². The first-order chi connectivity index (χ1) is 6.21. The average molecular weight is 201 g/mol. The molecule has 0 aliphatic heterocycles. The van der Waals surface area contributed by atoms with E-state index < -0.39 is 11.6 Å². The van der Waals surface area contributed by atoms with Crippen LogP contribution < -0.4 is 5.32 Å². The number of alkyl halides is 1. The van der Waals surface area contributed by atoms with Crippen molar-refractivity contribution in [1.29, 1.82) is 0 Å². The normalized spacial score (nSPS) is 26.2. The summed E-state index contributed by atoms with van der Waals surface area (Å²) in [6.07, 6.45) is 3.02. The van der Waals surface area contributed by atoms with Gasteiger partial charge >= 0.3 is 0 Å². The number of carbonyl (C=O) groups excluding carboxylic acids is 1. The molecule has 2 nitrogen and oxygen atoms in total. The number of amides is 1. The Hall–Kier alpha value is -0.600. The fraction of sp³-hybridized carbons (Fsp3) is 0.909. The highest BCUT2D eigenvalue weighted by molar-refractivity contribution is 5.84. The van der Waals surface area contributed by atoms with Gasteiger partial charge in [0.1, 0.15) is 0 Å². The summed E-state index contributed by atoms with van der Waals surface area (Å²) in [6, 6.07) is 0.160. The second-order valence-electron chi connectivity index (χ2n) is 5.55. The Labute approximate surface area is 85.3 Å². The van der Waals surface area contributed by atoms with Crippen LogP contribution in [-0.4, -0.2) is 17.6 Å². The topological polar surface area (TPSA) is 29.1 Å². The highest BCUT2D eigenvalue weighted by Crippen LogP contribution is 2.37. The van der Waals surface area contributed by atoms with Gasteiger partial charge in [-0.05, 0) is 38.5 Å². The molecule has 0 heterocycles. The minimum Gasteiger partial charge on any atom is -0.351 e. The van der Waals surface area contributed by atoms with Crippen LogP contribution in [0.1, 0.15) is 47.0 Å². The zero-order chi connectivity index (χ0) is 11.0. The number of halogens is 1. The molecule has 0 radical (unpaired) electrons. The van der Waals surface area contributed by atoms with E-state index >= 15 is 0 Å². The Bertz CT molecular complexity index is 230. The van der Waals surface area contributed by atoms with Crippen LogP contribution in [0.4, 0.5) is 4.39 Å². The van der Waals surface area contributed by atoms with Gasteiger partial charge in [-0.2, -0.15) is 0 Å². The zero-order valence-corrected chi connectivity index (χ0v) is 9.48. The zero-order valence-electron chi connectivity index (χ0n) is 9.48. The van der Waals surface area contributed by atoms with Gasteiger partial charge in [-0.15, -0.1) is 0 Å². The molecule has 1 aliphatic rings. The molecule has 0 aromatic heterocycles. The Balaban J connectivity index is 2.44. The summed E-state index contributed by atoms with van der Waals surface area (Å²) in [6.45, 7) is 6.95. The molecular formula is C11H20FNO. The number of hydrogen-bond acceptors (Lipinski definition) is 1. The molecule has 1 fully saturated rings. The van der Waals surface area contributed by atoms with Crippen LogP contribution in [0.15, 0.2) is 0 Å². The number of carbonyl (C=O) groups is 1. The second-order valence-corrected chi connectivity index (χ2v) is 5.55. The van der Waals surface area contributed by atoms with Gasteiger partial charge in [0.15, 0.2) is 5.67 Å². The van der Waals surface area contributed by atoms with Crippen molar-refractivity contribution in [3.8, 4) is 0 Å². The third kappa shape index (κ3) is 2.96. The van der Waals surface area contributed by atoms with Gasteiger partial charge in [-0.1, -0.05) is 13.8 Å². The van der Waals surface area contributed by atoms with E-state index in [2.05, 4.69) is 19.2 Å². The largest absolute Gasteiger partial charge is 0.351 e. The van der Waals surface area contributed by atoms with Crippen molar-refractivity contribution in [2.75, 3.05) is 0 Å². The summed E-state index contributed by atoms with van der Waals surface area (Å²) >= 11 is 0. The van der Waals surface area contributed by atoms with Crippen LogP contribution in [0.25, 0.3) is 0 Å². The minimum absolute atomic E-state index is 0.160. The molecule has 1 N–H and O–H groups in total. The van der Waals surface area contributed by atoms with Crippen LogP contribution >= 0.6 is 0 Å². The predicted molar refractivity (Wildman–Crippen MR) is 54.7 cm³/mol. The van der Waals surface area contributed by atoms with Crippen LogP contribution in [-0.2, 0) is 4.79 Å². The molecule has 1 atom stereocenters. The molecule has 0 saturated heterocycles. The van der Waals surface area contributed by atoms with Gasteiger partial charge in [0.05, 0.1) is 0 Å². The van der Waals surface area contributed by atoms with E-state index in [9.17, 15) is 9.18 Å². The molecule has 1 rings (SSSR count). The highest BCUT2D eigenvalue weighted by Gasteiger charge is 2.35. The lowest BCUT2D eigenvalue weighted by molar-refractivity contribution is -0.131. The van der Waals surface area contributed by atoms with E-state index in [1.165, 1.54) is 13.8 Å². The molecule has 3 heteroatoms. The molecule has 0 bridgehead atoms. The van der Waals surface area contributed by atoms with E-state index in [1.54, 1.807) is 0 Å². The number of nitrogens with one attached hydrogen (secondary N) is 1. The summed E-state index contributed by atoms with van der Waals surface area (Å²) in [5, 5.41) is 2.76. The van der Waals surface area contributed by atoms with E-state index in [4.69, 9.17) is 0 Å². The SMILES string of the molecule is CC1(C)CCC(NC(=O)C(C)(C)F)C1. The Morgan fingerprint density at radius 3 is 2.43 bits per heavy atom. The van der Waals surface area contributed by atoms with Crippen molar-refractivity contribution in [1.82, 2.24) is 5.32 Å². The summed E-state index contributed by atoms with van der Waals surface area (Å²) in [4.78, 5) is 11.3. The summed E-state index contributed by atoms with van der Waals surface area (Å²) in [5.41, 5.74) is -1.47. The molecule has 1 amide bonds. The highest BCUT2D eigenvalue weighted by atomic mass is 19.1. The first-order valence-electron chi connectivity index (χ1n) is 5.21. The monoisotopic (exact) mass is 201 g/mol. The van der Waals surface area contributed by atoms with Crippen LogP contribution in [0.2, 0.25) is 0 Å². The quantitative estimate of drug-likeness (QED) is 0.730. The van der Waals surface area contributed by atoms with E-state index in [0.717, 1.165) is 19.3 Å². The van der Waals surface area contributed by atoms with Crippen molar-refractivity contribution in [2.24, 2.45) is 5.41 Å². The molecule has 0 aromatic rings. The Morgan fingerprint density at radius 1 is 1.50 bits per heavy atom. The summed E-state index contributed by atoms with van der Waals surface area (Å²) < 4.78 is 13.2. The van der Waals surface area contributed by atoms with Crippen molar-refractivity contribution >= 4 is 5.91 Å². The van der Waals surface area contributed by atoms with Crippen LogP contribution in [0.5, 0.6) is 0 Å². The molecule has 1 aliphatic carbocycles. The fourth-order valence-corrected chi connectivity index (χ4v) is 1.92. The summed E-state index contributed by atoms with van der Waals surface area (Å²) in [7, 11) is 0. The first kappa shape index (κ1) is 11.5. The Morgan fingerprint density at radius 2 is 2.07 bits per heavy atom. The average Bonchev–Trinajstić information content (AvgIpc) is 2.28. The van der Waals surface area contributed by atoms with Gasteiger partial charge in [-0.25, -0.2) is 4.39 Å². The van der Waals surface area contributed by atoms with Gasteiger partial charge in [0.25, 0.3) is 5.91 Å². The summed E-state index contributed by atoms with van der Waals surface area (Å²) in [5.74, 6) is -0.486. The molecular weight excluding hydrogens is 181 g/mol. The molecule has 82 valence electrons. The predicted octanol–water partition coefficient (Wildman–Crippen LogP) is 2.43. The van der Waals surface area contributed by atoms with Gasteiger partial charge < -0.3 is 5.32 Å². The van der Waals surface area contributed by atoms with Gasteiger partial charge in [0.2, 0.25) is 0 Å². The van der Waals surface area contributed by atoms with Crippen LogP contribution in [0.3, 0.4) is 0 Å². The lowest BCUT2D eigenvalue weighted by atomic mass is 9.92. The smallest absolute Gasteiger partial charge is 0.257 e. The maximum atomic E-state index is 13.2. The maximum Gasteiger partial charge on any atom is 0.257 e. The molecule has 0 spiro atoms. The number of hydrogen-bond donors (Lipinski definition) is 1. The standard InChI is InChI=1S/C11H20FNO/c1-10(2)6-5-8(7-10)13-9(14)11(3,4)12/h8H,5-7H2,1-4H3,(H,13,14). The second kappa shape index (κ2) is 3.52. The van der Waals surface area contributed by atoms with Crippen molar-refractivity contribution in [3.05, 3.63) is 0 Å². The van der Waals surface area contributed by atoms with Crippen LogP contribution in [0, 0.1) is 5.41 Å². The van der Waals surface area contributed by atoms with Crippen molar-refractivity contribution in [2.45, 2.75) is 58.7 Å². The lowest BCUT2D eigenvalue weighted by Crippen LogP contribution is -2.43. The Kier molecular flexibility index (Phi) is 2.88. The molecule has 0 aromatic carbocycles.